The van der Waals surface area contributed by atoms with Gasteiger partial charge in [-0.05, 0) is 22.0 Å². The molecule has 0 unspecified atom stereocenters. The number of pyridine rings is 1. The molecule has 1 heterocycles. The van der Waals surface area contributed by atoms with E-state index in [1.165, 1.54) is 0 Å². The van der Waals surface area contributed by atoms with Crippen LogP contribution >= 0.6 is 15.9 Å². The van der Waals surface area contributed by atoms with Crippen LogP contribution in [0.25, 0.3) is 0 Å². The summed E-state index contributed by atoms with van der Waals surface area (Å²) >= 11 is 3.34. The molecule has 0 saturated carbocycles. The summed E-state index contributed by atoms with van der Waals surface area (Å²) in [4.78, 5) is 4.11. The predicted molar refractivity (Wildman–Crippen MR) is 62.7 cm³/mol. The molecule has 0 amide bonds. The zero-order chi connectivity index (χ0) is 11.1. The minimum Gasteiger partial charge on any atom is -0.397 e. The number of aliphatic hydroxyl groups is 1. The van der Waals surface area contributed by atoms with Crippen molar-refractivity contribution in [3.8, 4) is 0 Å². The highest BCUT2D eigenvalue weighted by Crippen LogP contribution is 2.21. The number of aromatic nitrogens is 1. The number of hydrogen-bond acceptors (Lipinski definition) is 5. The molecule has 6 heteroatoms. The van der Waals surface area contributed by atoms with Gasteiger partial charge in [0.05, 0.1) is 36.2 Å². The van der Waals surface area contributed by atoms with Gasteiger partial charge in [0, 0.05) is 6.54 Å². The Kier molecular flexibility index (Phi) is 5.38. The summed E-state index contributed by atoms with van der Waals surface area (Å²) in [5, 5.41) is 11.6. The van der Waals surface area contributed by atoms with E-state index in [1.54, 1.807) is 12.3 Å². The van der Waals surface area contributed by atoms with E-state index >= 15 is 0 Å². The van der Waals surface area contributed by atoms with E-state index in [-0.39, 0.29) is 6.61 Å². The van der Waals surface area contributed by atoms with Crippen LogP contribution in [-0.2, 0) is 4.74 Å². The second-order valence-electron chi connectivity index (χ2n) is 2.86. The summed E-state index contributed by atoms with van der Waals surface area (Å²) in [6, 6.07) is 1.78. The highest BCUT2D eigenvalue weighted by atomic mass is 79.9. The van der Waals surface area contributed by atoms with E-state index < -0.39 is 0 Å². The summed E-state index contributed by atoms with van der Waals surface area (Å²) in [6.07, 6.45) is 1.58. The number of nitrogen functional groups attached to an aromatic ring is 1. The molecule has 0 aliphatic heterocycles. The third kappa shape index (κ3) is 4.46. The number of aliphatic hydroxyl groups excluding tert-OH is 1. The fourth-order valence-corrected chi connectivity index (χ4v) is 1.50. The van der Waals surface area contributed by atoms with Gasteiger partial charge in [-0.3, -0.25) is 0 Å². The molecule has 15 heavy (non-hydrogen) atoms. The summed E-state index contributed by atoms with van der Waals surface area (Å²) in [6.45, 7) is 1.57. The molecule has 1 aromatic rings. The van der Waals surface area contributed by atoms with Gasteiger partial charge in [-0.15, -0.1) is 0 Å². The third-order valence-electron chi connectivity index (χ3n) is 1.64. The highest BCUT2D eigenvalue weighted by molar-refractivity contribution is 9.10. The van der Waals surface area contributed by atoms with Crippen molar-refractivity contribution in [3.63, 3.8) is 0 Å². The first kappa shape index (κ1) is 12.2. The zero-order valence-electron chi connectivity index (χ0n) is 8.24. The number of anilines is 2. The van der Waals surface area contributed by atoms with E-state index in [0.717, 1.165) is 10.3 Å². The SMILES string of the molecule is Nc1cnc(NCCOCCO)c(Br)c1. The Morgan fingerprint density at radius 3 is 3.00 bits per heavy atom. The van der Waals surface area contributed by atoms with Crippen LogP contribution in [0.15, 0.2) is 16.7 Å². The highest BCUT2D eigenvalue weighted by Gasteiger charge is 2.00. The quantitative estimate of drug-likeness (QED) is 0.671. The molecular formula is C9H14BrN3O2. The van der Waals surface area contributed by atoms with Crippen LogP contribution in [0.3, 0.4) is 0 Å². The number of nitrogens with two attached hydrogens (primary N) is 1. The molecule has 1 aromatic heterocycles. The first-order valence-electron chi connectivity index (χ1n) is 4.57. The zero-order valence-corrected chi connectivity index (χ0v) is 9.83. The Balaban J connectivity index is 2.31. The van der Waals surface area contributed by atoms with Gasteiger partial charge in [0.15, 0.2) is 0 Å². The van der Waals surface area contributed by atoms with Crippen LogP contribution in [0.2, 0.25) is 0 Å². The standard InChI is InChI=1S/C9H14BrN3O2/c10-8-5-7(11)6-13-9(8)12-1-3-15-4-2-14/h5-6,14H,1-4,11H2,(H,12,13). The maximum absolute atomic E-state index is 8.48. The molecule has 0 aromatic carbocycles. The van der Waals surface area contributed by atoms with Crippen molar-refractivity contribution < 1.29 is 9.84 Å². The second-order valence-corrected chi connectivity index (χ2v) is 3.72. The van der Waals surface area contributed by atoms with Gasteiger partial charge in [-0.2, -0.15) is 0 Å². The fraction of sp³-hybridized carbons (Fsp3) is 0.444. The number of ether oxygens (including phenoxy) is 1. The second kappa shape index (κ2) is 6.60. The van der Waals surface area contributed by atoms with E-state index in [0.29, 0.717) is 25.4 Å². The van der Waals surface area contributed by atoms with Gasteiger partial charge in [0.25, 0.3) is 0 Å². The normalized spacial score (nSPS) is 10.3. The van der Waals surface area contributed by atoms with Crippen molar-refractivity contribution in [2.24, 2.45) is 0 Å². The summed E-state index contributed by atoms with van der Waals surface area (Å²) in [7, 11) is 0. The molecule has 1 rings (SSSR count). The van der Waals surface area contributed by atoms with Crippen molar-refractivity contribution in [1.29, 1.82) is 0 Å². The van der Waals surface area contributed by atoms with Gasteiger partial charge in [0.2, 0.25) is 0 Å². The molecular weight excluding hydrogens is 262 g/mol. The molecule has 0 atom stereocenters. The van der Waals surface area contributed by atoms with Gasteiger partial charge >= 0.3 is 0 Å². The van der Waals surface area contributed by atoms with Crippen molar-refractivity contribution in [3.05, 3.63) is 16.7 Å². The van der Waals surface area contributed by atoms with Crippen molar-refractivity contribution in [2.75, 3.05) is 37.4 Å². The molecule has 84 valence electrons. The van der Waals surface area contributed by atoms with E-state index in [4.69, 9.17) is 15.6 Å². The molecule has 5 nitrogen and oxygen atoms in total. The van der Waals surface area contributed by atoms with Crippen LogP contribution in [-0.4, -0.2) is 36.5 Å². The Labute approximate surface area is 96.8 Å². The van der Waals surface area contributed by atoms with Gasteiger partial charge in [-0.25, -0.2) is 4.98 Å². The Morgan fingerprint density at radius 2 is 2.33 bits per heavy atom. The molecule has 0 saturated heterocycles. The monoisotopic (exact) mass is 275 g/mol. The van der Waals surface area contributed by atoms with E-state index in [2.05, 4.69) is 26.2 Å². The topological polar surface area (TPSA) is 80.4 Å². The largest absolute Gasteiger partial charge is 0.397 e. The van der Waals surface area contributed by atoms with Crippen molar-refractivity contribution in [2.45, 2.75) is 0 Å². The summed E-state index contributed by atoms with van der Waals surface area (Å²) in [5.41, 5.74) is 6.16. The lowest BCUT2D eigenvalue weighted by molar-refractivity contribution is 0.0992. The number of rotatable bonds is 6. The lowest BCUT2D eigenvalue weighted by Gasteiger charge is -2.07. The van der Waals surface area contributed by atoms with Crippen LogP contribution in [0.4, 0.5) is 11.5 Å². The van der Waals surface area contributed by atoms with Crippen LogP contribution in [0.1, 0.15) is 0 Å². The fourth-order valence-electron chi connectivity index (χ4n) is 0.991. The maximum atomic E-state index is 8.48. The van der Waals surface area contributed by atoms with E-state index in [1.807, 2.05) is 0 Å². The molecule has 0 aliphatic carbocycles. The molecule has 0 radical (unpaired) electrons. The molecule has 0 bridgehead atoms. The average molecular weight is 276 g/mol. The third-order valence-corrected chi connectivity index (χ3v) is 2.24. The van der Waals surface area contributed by atoms with Gasteiger partial charge in [-0.1, -0.05) is 0 Å². The Hall–Kier alpha value is -0.850. The minimum atomic E-state index is 0.0455. The Bertz CT molecular complexity index is 309. The number of halogens is 1. The predicted octanol–water partition coefficient (Wildman–Crippen LogP) is 0.847. The molecule has 0 aliphatic rings. The Morgan fingerprint density at radius 1 is 1.53 bits per heavy atom. The van der Waals surface area contributed by atoms with Crippen molar-refractivity contribution in [1.82, 2.24) is 4.98 Å². The lowest BCUT2D eigenvalue weighted by Crippen LogP contribution is -2.12. The lowest BCUT2D eigenvalue weighted by atomic mass is 10.4. The average Bonchev–Trinajstić information content (AvgIpc) is 2.20. The summed E-state index contributed by atoms with van der Waals surface area (Å²) < 4.78 is 5.91. The van der Waals surface area contributed by atoms with Crippen LogP contribution in [0.5, 0.6) is 0 Å². The van der Waals surface area contributed by atoms with E-state index in [9.17, 15) is 0 Å². The molecule has 4 N–H and O–H groups in total. The van der Waals surface area contributed by atoms with Crippen LogP contribution < -0.4 is 11.1 Å². The summed E-state index contributed by atoms with van der Waals surface area (Å²) in [5.74, 6) is 0.733. The smallest absolute Gasteiger partial charge is 0.140 e. The number of hydrogen-bond donors (Lipinski definition) is 3. The molecule has 0 spiro atoms. The number of nitrogens with one attached hydrogen (secondary N) is 1. The van der Waals surface area contributed by atoms with Gasteiger partial charge in [0.1, 0.15) is 5.82 Å². The first-order valence-corrected chi connectivity index (χ1v) is 5.37. The minimum absolute atomic E-state index is 0.0455. The van der Waals surface area contributed by atoms with Crippen molar-refractivity contribution >= 4 is 27.4 Å². The maximum Gasteiger partial charge on any atom is 0.140 e. The number of nitrogens with zero attached hydrogens (tertiary/aromatic N) is 1. The first-order chi connectivity index (χ1) is 7.24. The molecule has 0 fully saturated rings. The van der Waals surface area contributed by atoms with Crippen LogP contribution in [0, 0.1) is 0 Å². The van der Waals surface area contributed by atoms with Gasteiger partial charge < -0.3 is 20.9 Å².